The number of para-hydroxylation sites is 1. The van der Waals surface area contributed by atoms with Gasteiger partial charge in [-0.25, -0.2) is 4.98 Å². The number of hydrogen-bond acceptors (Lipinski definition) is 6. The number of H-pyrrole nitrogens is 1. The number of benzene rings is 2. The van der Waals surface area contributed by atoms with Crippen LogP contribution in [0.25, 0.3) is 22.3 Å². The Bertz CT molecular complexity index is 1090. The highest BCUT2D eigenvalue weighted by atomic mass is 16.5. The third kappa shape index (κ3) is 4.23. The molecule has 1 atom stereocenters. The number of hydrogen-bond donors (Lipinski definition) is 2. The Balaban J connectivity index is 1.74. The van der Waals surface area contributed by atoms with E-state index < -0.39 is 6.10 Å². The molecule has 30 heavy (non-hydrogen) atoms. The van der Waals surface area contributed by atoms with Crippen LogP contribution in [0.1, 0.15) is 24.2 Å². The van der Waals surface area contributed by atoms with E-state index in [1.54, 1.807) is 6.07 Å². The van der Waals surface area contributed by atoms with Crippen molar-refractivity contribution in [2.75, 3.05) is 39.5 Å². The van der Waals surface area contributed by atoms with Crippen molar-refractivity contribution in [2.45, 2.75) is 20.0 Å². The zero-order valence-corrected chi connectivity index (χ0v) is 17.4. The highest BCUT2D eigenvalue weighted by molar-refractivity contribution is 5.83. The molecular weight excluding hydrogens is 382 g/mol. The van der Waals surface area contributed by atoms with E-state index in [1.165, 1.54) is 0 Å². The number of rotatable bonds is 6. The van der Waals surface area contributed by atoms with Crippen LogP contribution in [0.5, 0.6) is 5.75 Å². The molecule has 1 aliphatic rings. The lowest BCUT2D eigenvalue weighted by Crippen LogP contribution is -2.38. The summed E-state index contributed by atoms with van der Waals surface area (Å²) >= 11 is 0. The van der Waals surface area contributed by atoms with Crippen molar-refractivity contribution in [3.05, 3.63) is 57.9 Å². The first-order valence-corrected chi connectivity index (χ1v) is 10.3. The number of ether oxygens (including phenoxy) is 2. The zero-order chi connectivity index (χ0) is 21.1. The molecule has 0 aliphatic carbocycles. The minimum Gasteiger partial charge on any atom is -0.493 e. The molecule has 1 aliphatic heterocycles. The summed E-state index contributed by atoms with van der Waals surface area (Å²) in [7, 11) is 0. The topological polar surface area (TPSA) is 87.7 Å². The van der Waals surface area contributed by atoms with Crippen LogP contribution in [0.3, 0.4) is 0 Å². The number of aromatic nitrogens is 2. The minimum absolute atomic E-state index is 0.194. The van der Waals surface area contributed by atoms with Crippen molar-refractivity contribution in [1.29, 1.82) is 0 Å². The maximum absolute atomic E-state index is 12.7. The molecule has 158 valence electrons. The first-order chi connectivity index (χ1) is 14.6. The molecule has 7 heteroatoms. The Morgan fingerprint density at radius 3 is 2.83 bits per heavy atom. The maximum Gasteiger partial charge on any atom is 0.259 e. The van der Waals surface area contributed by atoms with E-state index >= 15 is 0 Å². The molecule has 1 fully saturated rings. The summed E-state index contributed by atoms with van der Waals surface area (Å²) in [5, 5.41) is 11.4. The number of nitrogens with one attached hydrogen (secondary N) is 1. The van der Waals surface area contributed by atoms with Gasteiger partial charge in [-0.15, -0.1) is 0 Å². The third-order valence-electron chi connectivity index (χ3n) is 5.42. The SMILES string of the molecule is CCOc1ccc(C(O)CN2CCOCC2)cc1-c1nc2c(C)cccc2c(=O)[nH]1. The lowest BCUT2D eigenvalue weighted by Gasteiger charge is -2.28. The first-order valence-electron chi connectivity index (χ1n) is 10.3. The summed E-state index contributed by atoms with van der Waals surface area (Å²) < 4.78 is 11.2. The van der Waals surface area contributed by atoms with Crippen LogP contribution in [-0.4, -0.2) is 59.4 Å². The summed E-state index contributed by atoms with van der Waals surface area (Å²) in [5.41, 5.74) is 2.82. The van der Waals surface area contributed by atoms with Gasteiger partial charge in [-0.2, -0.15) is 0 Å². The molecule has 1 saturated heterocycles. The lowest BCUT2D eigenvalue weighted by atomic mass is 10.0. The smallest absolute Gasteiger partial charge is 0.259 e. The molecule has 2 N–H and O–H groups in total. The molecule has 0 saturated carbocycles. The summed E-state index contributed by atoms with van der Waals surface area (Å²) in [6, 6.07) is 11.1. The number of β-amino-alcohol motifs (C(OH)–C–C–N with tert-alkyl or cyclic N) is 1. The van der Waals surface area contributed by atoms with Crippen LogP contribution >= 0.6 is 0 Å². The van der Waals surface area contributed by atoms with Gasteiger partial charge in [0.25, 0.3) is 5.56 Å². The second-order valence-electron chi connectivity index (χ2n) is 7.50. The summed E-state index contributed by atoms with van der Waals surface area (Å²) in [6.07, 6.45) is -0.661. The molecule has 2 heterocycles. The number of aliphatic hydroxyl groups is 1. The van der Waals surface area contributed by atoms with Crippen LogP contribution in [0.2, 0.25) is 0 Å². The van der Waals surface area contributed by atoms with Crippen LogP contribution in [0, 0.1) is 6.92 Å². The highest BCUT2D eigenvalue weighted by Gasteiger charge is 2.19. The molecule has 0 bridgehead atoms. The molecule has 0 radical (unpaired) electrons. The number of aliphatic hydroxyl groups excluding tert-OH is 1. The molecule has 3 aromatic rings. The average molecular weight is 409 g/mol. The predicted molar refractivity (Wildman–Crippen MR) is 116 cm³/mol. The van der Waals surface area contributed by atoms with Crippen LogP contribution in [0.15, 0.2) is 41.2 Å². The molecule has 0 amide bonds. The van der Waals surface area contributed by atoms with Crippen molar-refractivity contribution < 1.29 is 14.6 Å². The number of aryl methyl sites for hydroxylation is 1. The van der Waals surface area contributed by atoms with E-state index in [0.29, 0.717) is 54.4 Å². The predicted octanol–water partition coefficient (Wildman–Crippen LogP) is 2.66. The summed E-state index contributed by atoms with van der Waals surface area (Å²) in [5.74, 6) is 1.06. The third-order valence-corrected chi connectivity index (χ3v) is 5.42. The minimum atomic E-state index is -0.661. The lowest BCUT2D eigenvalue weighted by molar-refractivity contribution is 0.0143. The highest BCUT2D eigenvalue weighted by Crippen LogP contribution is 2.31. The van der Waals surface area contributed by atoms with Crippen molar-refractivity contribution in [2.24, 2.45) is 0 Å². The molecule has 0 spiro atoms. The molecular formula is C23H27N3O4. The number of morpholine rings is 1. The van der Waals surface area contributed by atoms with Crippen LogP contribution < -0.4 is 10.3 Å². The Morgan fingerprint density at radius 2 is 2.07 bits per heavy atom. The van der Waals surface area contributed by atoms with E-state index in [9.17, 15) is 9.90 Å². The van der Waals surface area contributed by atoms with Gasteiger partial charge in [-0.3, -0.25) is 9.69 Å². The van der Waals surface area contributed by atoms with Gasteiger partial charge in [0.1, 0.15) is 11.6 Å². The quantitative estimate of drug-likeness (QED) is 0.651. The second-order valence-corrected chi connectivity index (χ2v) is 7.50. The van der Waals surface area contributed by atoms with E-state index in [4.69, 9.17) is 14.5 Å². The maximum atomic E-state index is 12.7. The Kier molecular flexibility index (Phi) is 6.13. The fraction of sp³-hybridized carbons (Fsp3) is 0.391. The van der Waals surface area contributed by atoms with Crippen molar-refractivity contribution in [1.82, 2.24) is 14.9 Å². The van der Waals surface area contributed by atoms with Gasteiger partial charge in [0.05, 0.1) is 42.4 Å². The summed E-state index contributed by atoms with van der Waals surface area (Å²) in [6.45, 7) is 7.83. The van der Waals surface area contributed by atoms with Gasteiger partial charge in [0, 0.05) is 19.6 Å². The van der Waals surface area contributed by atoms with Gasteiger partial charge >= 0.3 is 0 Å². The fourth-order valence-corrected chi connectivity index (χ4v) is 3.79. The fourth-order valence-electron chi connectivity index (χ4n) is 3.79. The normalized spacial score (nSPS) is 16.0. The van der Waals surface area contributed by atoms with E-state index in [-0.39, 0.29) is 5.56 Å². The molecule has 1 aromatic heterocycles. The Morgan fingerprint density at radius 1 is 1.27 bits per heavy atom. The number of fused-ring (bicyclic) bond motifs is 1. The van der Waals surface area contributed by atoms with E-state index in [1.807, 2.05) is 44.2 Å². The van der Waals surface area contributed by atoms with E-state index in [2.05, 4.69) is 9.88 Å². The largest absolute Gasteiger partial charge is 0.493 e. The van der Waals surface area contributed by atoms with Crippen molar-refractivity contribution in [3.8, 4) is 17.1 Å². The van der Waals surface area contributed by atoms with Crippen molar-refractivity contribution >= 4 is 10.9 Å². The van der Waals surface area contributed by atoms with Crippen molar-refractivity contribution in [3.63, 3.8) is 0 Å². The van der Waals surface area contributed by atoms with Gasteiger partial charge in [0.15, 0.2) is 0 Å². The standard InChI is InChI=1S/C23H27N3O4/c1-3-30-20-8-7-16(19(27)14-26-9-11-29-12-10-26)13-18(20)22-24-21-15(2)5-4-6-17(21)23(28)25-22/h4-8,13,19,27H,3,9-12,14H2,1-2H3,(H,24,25,28). The number of aromatic amines is 1. The Hall–Kier alpha value is -2.74. The average Bonchev–Trinajstić information content (AvgIpc) is 2.75. The number of nitrogens with zero attached hydrogens (tertiary/aromatic N) is 2. The molecule has 1 unspecified atom stereocenters. The van der Waals surface area contributed by atoms with E-state index in [0.717, 1.165) is 24.2 Å². The van der Waals surface area contributed by atoms with Gasteiger partial charge in [0.2, 0.25) is 0 Å². The van der Waals surface area contributed by atoms with Gasteiger partial charge in [-0.05, 0) is 43.2 Å². The molecule has 4 rings (SSSR count). The second kappa shape index (κ2) is 8.95. The van der Waals surface area contributed by atoms with Gasteiger partial charge in [-0.1, -0.05) is 18.2 Å². The molecule has 7 nitrogen and oxygen atoms in total. The zero-order valence-electron chi connectivity index (χ0n) is 17.4. The summed E-state index contributed by atoms with van der Waals surface area (Å²) in [4.78, 5) is 22.5. The molecule has 2 aromatic carbocycles. The Labute approximate surface area is 175 Å². The monoisotopic (exact) mass is 409 g/mol. The van der Waals surface area contributed by atoms with Crippen LogP contribution in [-0.2, 0) is 4.74 Å². The first kappa shape index (κ1) is 20.5. The van der Waals surface area contributed by atoms with Crippen LogP contribution in [0.4, 0.5) is 0 Å². The van der Waals surface area contributed by atoms with Gasteiger partial charge < -0.3 is 19.6 Å².